The van der Waals surface area contributed by atoms with Crippen molar-refractivity contribution in [3.05, 3.63) is 34.6 Å². The molecular formula is C16H24FNS. The third kappa shape index (κ3) is 3.96. The smallest absolute Gasteiger partial charge is 0.129 e. The van der Waals surface area contributed by atoms with Crippen molar-refractivity contribution in [3.63, 3.8) is 0 Å². The molecule has 0 amide bonds. The summed E-state index contributed by atoms with van der Waals surface area (Å²) >= 11 is 2.03. The molecule has 1 atom stereocenters. The fraction of sp³-hybridized carbons (Fsp3) is 0.625. The average molecular weight is 281 g/mol. The van der Waals surface area contributed by atoms with Crippen molar-refractivity contribution >= 4 is 11.8 Å². The van der Waals surface area contributed by atoms with Crippen molar-refractivity contribution in [1.29, 1.82) is 0 Å². The van der Waals surface area contributed by atoms with Gasteiger partial charge >= 0.3 is 0 Å². The first kappa shape index (κ1) is 14.9. The van der Waals surface area contributed by atoms with Gasteiger partial charge in [0.1, 0.15) is 5.82 Å². The number of rotatable bonds is 3. The van der Waals surface area contributed by atoms with E-state index in [-0.39, 0.29) is 5.82 Å². The zero-order chi connectivity index (χ0) is 14.0. The van der Waals surface area contributed by atoms with Gasteiger partial charge in [-0.25, -0.2) is 4.39 Å². The Bertz CT molecular complexity index is 433. The van der Waals surface area contributed by atoms with Gasteiger partial charge in [-0.15, -0.1) is 0 Å². The minimum atomic E-state index is -0.0712. The lowest BCUT2D eigenvalue weighted by molar-refractivity contribution is 0.317. The molecule has 1 fully saturated rings. The van der Waals surface area contributed by atoms with E-state index >= 15 is 0 Å². The molecule has 3 heteroatoms. The molecule has 1 unspecified atom stereocenters. The molecule has 1 aliphatic heterocycles. The second-order valence-electron chi connectivity index (χ2n) is 6.50. The van der Waals surface area contributed by atoms with Crippen LogP contribution in [0.25, 0.3) is 0 Å². The minimum Gasteiger partial charge on any atom is -0.309 e. The van der Waals surface area contributed by atoms with E-state index in [0.29, 0.717) is 11.5 Å². The number of thioether (sulfide) groups is 1. The molecule has 0 spiro atoms. The lowest BCUT2D eigenvalue weighted by atomic mass is 9.88. The Kier molecular flexibility index (Phi) is 4.57. The molecule has 2 rings (SSSR count). The first-order valence-electron chi connectivity index (χ1n) is 6.94. The van der Waals surface area contributed by atoms with Crippen LogP contribution in [-0.2, 0) is 6.54 Å². The number of benzene rings is 1. The van der Waals surface area contributed by atoms with E-state index in [1.54, 1.807) is 0 Å². The Morgan fingerprint density at radius 2 is 1.95 bits per heavy atom. The highest BCUT2D eigenvalue weighted by molar-refractivity contribution is 7.99. The number of halogens is 1. The van der Waals surface area contributed by atoms with Crippen LogP contribution in [0, 0.1) is 25.1 Å². The third-order valence-electron chi connectivity index (χ3n) is 3.70. The fourth-order valence-corrected chi connectivity index (χ4v) is 4.10. The predicted octanol–water partition coefficient (Wildman–Crippen LogP) is 4.06. The van der Waals surface area contributed by atoms with Crippen molar-refractivity contribution in [2.24, 2.45) is 5.41 Å². The topological polar surface area (TPSA) is 12.0 Å². The molecule has 0 aromatic heterocycles. The molecule has 1 saturated heterocycles. The Balaban J connectivity index is 1.95. The molecule has 1 aromatic carbocycles. The first-order valence-corrected chi connectivity index (χ1v) is 8.10. The monoisotopic (exact) mass is 281 g/mol. The van der Waals surface area contributed by atoms with E-state index < -0.39 is 0 Å². The SMILES string of the molecule is Cc1cc(CNC2CSCC(C)(C)C2)cc(C)c1F. The summed E-state index contributed by atoms with van der Waals surface area (Å²) in [4.78, 5) is 0. The molecule has 19 heavy (non-hydrogen) atoms. The van der Waals surface area contributed by atoms with E-state index in [9.17, 15) is 4.39 Å². The van der Waals surface area contributed by atoms with Crippen LogP contribution < -0.4 is 5.32 Å². The average Bonchev–Trinajstić information content (AvgIpc) is 2.32. The highest BCUT2D eigenvalue weighted by Crippen LogP contribution is 2.33. The molecule has 1 heterocycles. The number of aryl methyl sites for hydroxylation is 2. The highest BCUT2D eigenvalue weighted by Gasteiger charge is 2.27. The van der Waals surface area contributed by atoms with E-state index in [1.807, 2.05) is 37.7 Å². The van der Waals surface area contributed by atoms with Gasteiger partial charge in [-0.05, 0) is 48.1 Å². The van der Waals surface area contributed by atoms with Gasteiger partial charge in [0.15, 0.2) is 0 Å². The van der Waals surface area contributed by atoms with E-state index in [2.05, 4.69) is 19.2 Å². The van der Waals surface area contributed by atoms with Gasteiger partial charge in [-0.1, -0.05) is 26.0 Å². The number of nitrogens with one attached hydrogen (secondary N) is 1. The summed E-state index contributed by atoms with van der Waals surface area (Å²) in [5.74, 6) is 2.36. The third-order valence-corrected chi connectivity index (χ3v) is 5.33. The van der Waals surface area contributed by atoms with Crippen LogP contribution in [0.3, 0.4) is 0 Å². The lowest BCUT2D eigenvalue weighted by Gasteiger charge is -2.35. The standard InChI is InChI=1S/C16H24FNS/c1-11-5-13(6-12(2)15(11)17)8-18-14-7-16(3,4)10-19-9-14/h5-6,14,18H,7-10H2,1-4H3. The fourth-order valence-electron chi connectivity index (χ4n) is 2.79. The van der Waals surface area contributed by atoms with E-state index in [1.165, 1.54) is 23.5 Å². The van der Waals surface area contributed by atoms with Crippen molar-refractivity contribution in [2.75, 3.05) is 11.5 Å². The maximum absolute atomic E-state index is 13.6. The van der Waals surface area contributed by atoms with Crippen molar-refractivity contribution < 1.29 is 4.39 Å². The second kappa shape index (κ2) is 5.84. The molecule has 1 aliphatic rings. The largest absolute Gasteiger partial charge is 0.309 e. The van der Waals surface area contributed by atoms with Crippen LogP contribution in [-0.4, -0.2) is 17.5 Å². The van der Waals surface area contributed by atoms with Crippen LogP contribution >= 0.6 is 11.8 Å². The summed E-state index contributed by atoms with van der Waals surface area (Å²) in [6, 6.07) is 4.48. The quantitative estimate of drug-likeness (QED) is 0.896. The first-order chi connectivity index (χ1) is 8.87. The van der Waals surface area contributed by atoms with Gasteiger partial charge in [0.05, 0.1) is 0 Å². The Morgan fingerprint density at radius 1 is 1.32 bits per heavy atom. The van der Waals surface area contributed by atoms with Gasteiger partial charge in [0.25, 0.3) is 0 Å². The minimum absolute atomic E-state index is 0.0712. The summed E-state index contributed by atoms with van der Waals surface area (Å²) in [7, 11) is 0. The summed E-state index contributed by atoms with van der Waals surface area (Å²) in [6.07, 6.45) is 1.22. The van der Waals surface area contributed by atoms with Crippen molar-refractivity contribution in [1.82, 2.24) is 5.32 Å². The summed E-state index contributed by atoms with van der Waals surface area (Å²) < 4.78 is 13.6. The van der Waals surface area contributed by atoms with Gasteiger partial charge in [-0.3, -0.25) is 0 Å². The van der Waals surface area contributed by atoms with Crippen molar-refractivity contribution in [2.45, 2.75) is 46.7 Å². The summed E-state index contributed by atoms with van der Waals surface area (Å²) in [5, 5.41) is 3.62. The molecule has 106 valence electrons. The summed E-state index contributed by atoms with van der Waals surface area (Å²) in [6.45, 7) is 9.18. The molecule has 0 saturated carbocycles. The molecule has 0 bridgehead atoms. The van der Waals surface area contributed by atoms with E-state index in [4.69, 9.17) is 0 Å². The molecule has 1 N–H and O–H groups in total. The Labute approximate surface area is 120 Å². The normalized spacial score (nSPS) is 22.5. The van der Waals surface area contributed by atoms with Crippen LogP contribution in [0.2, 0.25) is 0 Å². The molecule has 1 aromatic rings. The Morgan fingerprint density at radius 3 is 2.53 bits per heavy atom. The van der Waals surface area contributed by atoms with Gasteiger partial charge in [-0.2, -0.15) is 11.8 Å². The number of hydrogen-bond donors (Lipinski definition) is 1. The van der Waals surface area contributed by atoms with Crippen LogP contribution in [0.15, 0.2) is 12.1 Å². The van der Waals surface area contributed by atoms with Gasteiger partial charge in [0, 0.05) is 18.3 Å². The maximum Gasteiger partial charge on any atom is 0.129 e. The lowest BCUT2D eigenvalue weighted by Crippen LogP contribution is -2.40. The van der Waals surface area contributed by atoms with Crippen LogP contribution in [0.1, 0.15) is 37.0 Å². The van der Waals surface area contributed by atoms with Gasteiger partial charge < -0.3 is 5.32 Å². The van der Waals surface area contributed by atoms with E-state index in [0.717, 1.165) is 17.7 Å². The molecule has 0 radical (unpaired) electrons. The van der Waals surface area contributed by atoms with Crippen LogP contribution in [0.5, 0.6) is 0 Å². The zero-order valence-electron chi connectivity index (χ0n) is 12.3. The zero-order valence-corrected chi connectivity index (χ0v) is 13.2. The van der Waals surface area contributed by atoms with Gasteiger partial charge in [0.2, 0.25) is 0 Å². The summed E-state index contributed by atoms with van der Waals surface area (Å²) in [5.41, 5.74) is 3.10. The Hall–Kier alpha value is -0.540. The predicted molar refractivity (Wildman–Crippen MR) is 82.2 cm³/mol. The highest BCUT2D eigenvalue weighted by atomic mass is 32.2. The number of hydrogen-bond acceptors (Lipinski definition) is 2. The molecular weight excluding hydrogens is 257 g/mol. The maximum atomic E-state index is 13.6. The molecule has 0 aliphatic carbocycles. The van der Waals surface area contributed by atoms with Crippen molar-refractivity contribution in [3.8, 4) is 0 Å². The van der Waals surface area contributed by atoms with Crippen LogP contribution in [0.4, 0.5) is 4.39 Å². The molecule has 1 nitrogen and oxygen atoms in total. The second-order valence-corrected chi connectivity index (χ2v) is 7.54.